The molecule has 0 heterocycles. The average Bonchev–Trinajstić information content (AvgIpc) is 2.77. The average molecular weight is 498 g/mol. The van der Waals surface area contributed by atoms with Crippen molar-refractivity contribution in [3.05, 3.63) is 47.5 Å². The SMILES string of the molecule is C=CCOC(=O)[C@H](CCCC(N)C(=O)OCc1ccccc1Cl)NCC(N)C(=O)OC(C)(C)C. The van der Waals surface area contributed by atoms with Crippen LogP contribution in [0.3, 0.4) is 0 Å². The number of ether oxygens (including phenoxy) is 3. The van der Waals surface area contributed by atoms with Gasteiger partial charge in [0.2, 0.25) is 0 Å². The summed E-state index contributed by atoms with van der Waals surface area (Å²) in [4.78, 5) is 36.7. The molecule has 0 aliphatic carbocycles. The second-order valence-corrected chi connectivity index (χ2v) is 9.16. The van der Waals surface area contributed by atoms with Gasteiger partial charge in [0.05, 0.1) is 0 Å². The topological polar surface area (TPSA) is 143 Å². The molecular formula is C24H36ClN3O6. The maximum absolute atomic E-state index is 12.4. The van der Waals surface area contributed by atoms with Gasteiger partial charge in [-0.05, 0) is 46.1 Å². The van der Waals surface area contributed by atoms with Crippen molar-refractivity contribution in [1.82, 2.24) is 5.32 Å². The molecule has 1 aromatic rings. The summed E-state index contributed by atoms with van der Waals surface area (Å²) in [6.45, 7) is 8.81. The van der Waals surface area contributed by atoms with E-state index in [9.17, 15) is 14.4 Å². The molecule has 0 aromatic heterocycles. The first-order chi connectivity index (χ1) is 15.9. The minimum atomic E-state index is -0.962. The first-order valence-electron chi connectivity index (χ1n) is 11.1. The lowest BCUT2D eigenvalue weighted by molar-refractivity contribution is -0.157. The van der Waals surface area contributed by atoms with Crippen molar-refractivity contribution < 1.29 is 28.6 Å². The third-order valence-electron chi connectivity index (χ3n) is 4.56. The van der Waals surface area contributed by atoms with E-state index in [1.807, 2.05) is 0 Å². The Morgan fingerprint density at radius 3 is 2.35 bits per heavy atom. The first-order valence-corrected chi connectivity index (χ1v) is 11.5. The highest BCUT2D eigenvalue weighted by atomic mass is 35.5. The van der Waals surface area contributed by atoms with Crippen LogP contribution in [0.4, 0.5) is 0 Å². The van der Waals surface area contributed by atoms with E-state index in [0.29, 0.717) is 23.4 Å². The molecule has 10 heteroatoms. The van der Waals surface area contributed by atoms with Gasteiger partial charge in [-0.15, -0.1) is 0 Å². The van der Waals surface area contributed by atoms with E-state index in [0.717, 1.165) is 0 Å². The summed E-state index contributed by atoms with van der Waals surface area (Å²) in [6.07, 6.45) is 2.46. The van der Waals surface area contributed by atoms with Crippen molar-refractivity contribution in [3.63, 3.8) is 0 Å². The maximum Gasteiger partial charge on any atom is 0.324 e. The summed E-state index contributed by atoms with van der Waals surface area (Å²) < 4.78 is 15.6. The maximum atomic E-state index is 12.4. The Hall–Kier alpha value is -2.46. The molecule has 0 radical (unpaired) electrons. The van der Waals surface area contributed by atoms with Gasteiger partial charge in [-0.25, -0.2) is 0 Å². The molecule has 0 bridgehead atoms. The van der Waals surface area contributed by atoms with Gasteiger partial charge in [0, 0.05) is 17.1 Å². The third-order valence-corrected chi connectivity index (χ3v) is 4.93. The van der Waals surface area contributed by atoms with Gasteiger partial charge in [-0.2, -0.15) is 0 Å². The van der Waals surface area contributed by atoms with Crippen molar-refractivity contribution in [2.45, 2.75) is 70.4 Å². The van der Waals surface area contributed by atoms with Crippen molar-refractivity contribution in [2.24, 2.45) is 11.5 Å². The Balaban J connectivity index is 2.55. The summed E-state index contributed by atoms with van der Waals surface area (Å²) in [5.41, 5.74) is 11.8. The molecule has 0 saturated carbocycles. The summed E-state index contributed by atoms with van der Waals surface area (Å²) in [6, 6.07) is 4.46. The lowest BCUT2D eigenvalue weighted by Crippen LogP contribution is -2.49. The fourth-order valence-electron chi connectivity index (χ4n) is 2.81. The van der Waals surface area contributed by atoms with E-state index in [4.69, 9.17) is 37.3 Å². The second kappa shape index (κ2) is 14.7. The van der Waals surface area contributed by atoms with Gasteiger partial charge in [0.15, 0.2) is 0 Å². The zero-order chi connectivity index (χ0) is 25.7. The lowest BCUT2D eigenvalue weighted by atomic mass is 10.1. The van der Waals surface area contributed by atoms with E-state index < -0.39 is 41.6 Å². The van der Waals surface area contributed by atoms with Gasteiger partial charge in [-0.3, -0.25) is 14.4 Å². The number of hydrogen-bond acceptors (Lipinski definition) is 9. The second-order valence-electron chi connectivity index (χ2n) is 8.76. The van der Waals surface area contributed by atoms with Crippen molar-refractivity contribution in [3.8, 4) is 0 Å². The van der Waals surface area contributed by atoms with Crippen LogP contribution in [0.2, 0.25) is 5.02 Å². The van der Waals surface area contributed by atoms with Gasteiger partial charge < -0.3 is 31.0 Å². The molecule has 0 fully saturated rings. The van der Waals surface area contributed by atoms with E-state index in [1.165, 1.54) is 6.08 Å². The quantitative estimate of drug-likeness (QED) is 0.200. The van der Waals surface area contributed by atoms with Crippen LogP contribution in [-0.2, 0) is 35.2 Å². The number of hydrogen-bond donors (Lipinski definition) is 3. The number of nitrogens with two attached hydrogens (primary N) is 2. The third kappa shape index (κ3) is 11.6. The predicted molar refractivity (Wildman–Crippen MR) is 130 cm³/mol. The van der Waals surface area contributed by atoms with Crippen molar-refractivity contribution in [1.29, 1.82) is 0 Å². The number of esters is 3. The number of nitrogens with one attached hydrogen (secondary N) is 1. The highest BCUT2D eigenvalue weighted by Crippen LogP contribution is 2.16. The van der Waals surface area contributed by atoms with Crippen molar-refractivity contribution >= 4 is 29.5 Å². The highest BCUT2D eigenvalue weighted by molar-refractivity contribution is 6.31. The molecule has 3 atom stereocenters. The molecule has 0 aliphatic rings. The normalized spacial score (nSPS) is 13.9. The molecule has 0 saturated heterocycles. The van der Waals surface area contributed by atoms with Crippen LogP contribution in [0.15, 0.2) is 36.9 Å². The fraction of sp³-hybridized carbons (Fsp3) is 0.542. The molecule has 0 aliphatic heterocycles. The molecule has 0 amide bonds. The number of halogens is 1. The van der Waals surface area contributed by atoms with Crippen LogP contribution in [-0.4, -0.2) is 54.8 Å². The molecule has 190 valence electrons. The van der Waals surface area contributed by atoms with E-state index in [-0.39, 0.29) is 26.2 Å². The minimum absolute atomic E-state index is 0.00863. The number of rotatable bonds is 14. The zero-order valence-corrected chi connectivity index (χ0v) is 20.8. The molecule has 1 rings (SSSR count). The Bertz CT molecular complexity index is 827. The summed E-state index contributed by atoms with van der Waals surface area (Å²) in [7, 11) is 0. The summed E-state index contributed by atoms with van der Waals surface area (Å²) in [5.74, 6) is -1.67. The largest absolute Gasteiger partial charge is 0.460 e. The first kappa shape index (κ1) is 29.6. The Morgan fingerprint density at radius 1 is 1.06 bits per heavy atom. The van der Waals surface area contributed by atoms with Crippen LogP contribution in [0.1, 0.15) is 45.6 Å². The van der Waals surface area contributed by atoms with Gasteiger partial charge in [0.25, 0.3) is 0 Å². The van der Waals surface area contributed by atoms with Crippen LogP contribution in [0.25, 0.3) is 0 Å². The minimum Gasteiger partial charge on any atom is -0.460 e. The predicted octanol–water partition coefficient (Wildman–Crippen LogP) is 2.24. The van der Waals surface area contributed by atoms with E-state index in [1.54, 1.807) is 45.0 Å². The van der Waals surface area contributed by atoms with E-state index >= 15 is 0 Å². The monoisotopic (exact) mass is 497 g/mol. The number of carbonyl (C=O) groups is 3. The Kier molecular flexibility index (Phi) is 12.8. The van der Waals surface area contributed by atoms with Crippen LogP contribution >= 0.6 is 11.6 Å². The van der Waals surface area contributed by atoms with Crippen LogP contribution in [0, 0.1) is 0 Å². The fourth-order valence-corrected chi connectivity index (χ4v) is 3.00. The molecular weight excluding hydrogens is 462 g/mol. The Labute approximate surface area is 206 Å². The highest BCUT2D eigenvalue weighted by Gasteiger charge is 2.26. The molecule has 5 N–H and O–H groups in total. The summed E-state index contributed by atoms with van der Waals surface area (Å²) in [5, 5.41) is 3.44. The molecule has 1 aromatic carbocycles. The number of benzene rings is 1. The lowest BCUT2D eigenvalue weighted by Gasteiger charge is -2.24. The van der Waals surface area contributed by atoms with Gasteiger partial charge >= 0.3 is 17.9 Å². The summed E-state index contributed by atoms with van der Waals surface area (Å²) >= 11 is 6.06. The van der Waals surface area contributed by atoms with E-state index in [2.05, 4.69) is 11.9 Å². The smallest absolute Gasteiger partial charge is 0.324 e. The molecule has 9 nitrogen and oxygen atoms in total. The zero-order valence-electron chi connectivity index (χ0n) is 20.1. The van der Waals surface area contributed by atoms with Crippen LogP contribution in [0.5, 0.6) is 0 Å². The van der Waals surface area contributed by atoms with Gasteiger partial charge in [0.1, 0.15) is 36.9 Å². The Morgan fingerprint density at radius 2 is 1.74 bits per heavy atom. The molecule has 2 unspecified atom stereocenters. The van der Waals surface area contributed by atoms with Crippen LogP contribution < -0.4 is 16.8 Å². The van der Waals surface area contributed by atoms with Gasteiger partial charge in [-0.1, -0.05) is 42.5 Å². The number of carbonyl (C=O) groups excluding carboxylic acids is 3. The molecule has 34 heavy (non-hydrogen) atoms. The molecule has 0 spiro atoms. The standard InChI is InChI=1S/C24H36ClN3O6/c1-5-13-32-23(31)20(28-14-19(27)22(30)34-24(2,3)4)12-8-11-18(26)21(29)33-15-16-9-6-7-10-17(16)25/h5-7,9-10,18-20,28H,1,8,11-15,26-27H2,2-4H3/t18?,19?,20-/m0/s1. The van der Waals surface area contributed by atoms with Crippen molar-refractivity contribution in [2.75, 3.05) is 13.2 Å².